The van der Waals surface area contributed by atoms with Crippen LogP contribution in [-0.2, 0) is 19.1 Å². The fourth-order valence-electron chi connectivity index (χ4n) is 2.72. The molecule has 1 atom stereocenters. The molecule has 27 heavy (non-hydrogen) atoms. The molecular formula is C20H20N2O5. The highest BCUT2D eigenvalue weighted by Gasteiger charge is 2.31. The lowest BCUT2D eigenvalue weighted by Gasteiger charge is -2.30. The zero-order valence-electron chi connectivity index (χ0n) is 14.9. The minimum absolute atomic E-state index is 0.0174. The van der Waals surface area contributed by atoms with Crippen LogP contribution in [0.3, 0.4) is 0 Å². The molecule has 0 spiro atoms. The Labute approximate surface area is 156 Å². The second kappa shape index (κ2) is 8.35. The van der Waals surface area contributed by atoms with Gasteiger partial charge in [-0.25, -0.2) is 0 Å². The van der Waals surface area contributed by atoms with Gasteiger partial charge in [0, 0.05) is 0 Å². The summed E-state index contributed by atoms with van der Waals surface area (Å²) in [6.45, 7) is 1.53. The van der Waals surface area contributed by atoms with Gasteiger partial charge in [0.15, 0.2) is 6.10 Å². The fourth-order valence-corrected chi connectivity index (χ4v) is 2.72. The third-order valence-corrected chi connectivity index (χ3v) is 4.01. The second-order valence-electron chi connectivity index (χ2n) is 6.03. The van der Waals surface area contributed by atoms with Gasteiger partial charge in [-0.05, 0) is 31.2 Å². The highest BCUT2D eigenvalue weighted by Crippen LogP contribution is 2.29. The quantitative estimate of drug-likeness (QED) is 0.792. The van der Waals surface area contributed by atoms with E-state index in [1.165, 1.54) is 11.8 Å². The Balaban J connectivity index is 1.54. The molecule has 0 radical (unpaired) electrons. The molecule has 2 aromatic carbocycles. The Morgan fingerprint density at radius 3 is 2.59 bits per heavy atom. The molecule has 7 heteroatoms. The highest BCUT2D eigenvalue weighted by molar-refractivity contribution is 6.11. The molecule has 1 aliphatic heterocycles. The van der Waals surface area contributed by atoms with Crippen molar-refractivity contribution < 1.29 is 23.9 Å². The predicted octanol–water partition coefficient (Wildman–Crippen LogP) is 2.37. The standard InChI is InChI=1S/C20H20N2O5/c1-14(27-19(24)11-12-26-15-7-3-2-4-8-15)20(25)22-13-18(23)21-16-9-5-6-10-17(16)22/h2-10,14H,11-13H2,1H3,(H,21,23). The number of rotatable bonds is 6. The Morgan fingerprint density at radius 2 is 1.81 bits per heavy atom. The average Bonchev–Trinajstić information content (AvgIpc) is 2.67. The number of para-hydroxylation sites is 3. The molecule has 0 aliphatic carbocycles. The molecule has 1 unspecified atom stereocenters. The Hall–Kier alpha value is -3.35. The van der Waals surface area contributed by atoms with Gasteiger partial charge in [-0.3, -0.25) is 19.3 Å². The van der Waals surface area contributed by atoms with Crippen LogP contribution < -0.4 is 15.0 Å². The molecule has 1 aliphatic rings. The first kappa shape index (κ1) is 18.4. The number of nitrogens with zero attached hydrogens (tertiary/aromatic N) is 1. The first-order valence-corrected chi connectivity index (χ1v) is 8.62. The van der Waals surface area contributed by atoms with Crippen molar-refractivity contribution in [1.82, 2.24) is 0 Å². The van der Waals surface area contributed by atoms with E-state index in [1.807, 2.05) is 18.2 Å². The third-order valence-electron chi connectivity index (χ3n) is 4.01. The number of hydrogen-bond acceptors (Lipinski definition) is 5. The van der Waals surface area contributed by atoms with E-state index in [-0.39, 0.29) is 25.5 Å². The van der Waals surface area contributed by atoms with Gasteiger partial charge in [0.05, 0.1) is 24.4 Å². The number of fused-ring (bicyclic) bond motifs is 1. The van der Waals surface area contributed by atoms with E-state index in [4.69, 9.17) is 9.47 Å². The summed E-state index contributed by atoms with van der Waals surface area (Å²) in [6.07, 6.45) is -0.989. The summed E-state index contributed by atoms with van der Waals surface area (Å²) in [5, 5.41) is 2.71. The van der Waals surface area contributed by atoms with Crippen LogP contribution in [0.5, 0.6) is 5.75 Å². The summed E-state index contributed by atoms with van der Waals surface area (Å²) >= 11 is 0. The van der Waals surface area contributed by atoms with Crippen LogP contribution in [0.1, 0.15) is 13.3 Å². The predicted molar refractivity (Wildman–Crippen MR) is 99.5 cm³/mol. The molecule has 140 valence electrons. The fraction of sp³-hybridized carbons (Fsp3) is 0.250. The maximum atomic E-state index is 12.7. The first-order chi connectivity index (χ1) is 13.0. The van der Waals surface area contributed by atoms with Gasteiger partial charge >= 0.3 is 5.97 Å². The molecule has 0 saturated carbocycles. The maximum absolute atomic E-state index is 12.7. The molecule has 0 aromatic heterocycles. The van der Waals surface area contributed by atoms with Gasteiger partial charge in [0.25, 0.3) is 5.91 Å². The minimum atomic E-state index is -1.01. The summed E-state index contributed by atoms with van der Waals surface area (Å²) in [4.78, 5) is 37.8. The van der Waals surface area contributed by atoms with Crippen molar-refractivity contribution in [3.05, 3.63) is 54.6 Å². The monoisotopic (exact) mass is 368 g/mol. The number of carbonyl (C=O) groups excluding carboxylic acids is 3. The van der Waals surface area contributed by atoms with E-state index in [0.717, 1.165) is 0 Å². The lowest BCUT2D eigenvalue weighted by Crippen LogP contribution is -2.47. The highest BCUT2D eigenvalue weighted by atomic mass is 16.6. The van der Waals surface area contributed by atoms with E-state index >= 15 is 0 Å². The summed E-state index contributed by atoms with van der Waals surface area (Å²) in [5.74, 6) is -0.627. The summed E-state index contributed by atoms with van der Waals surface area (Å²) < 4.78 is 10.7. The smallest absolute Gasteiger partial charge is 0.310 e. The van der Waals surface area contributed by atoms with Crippen molar-refractivity contribution in [1.29, 1.82) is 0 Å². The van der Waals surface area contributed by atoms with E-state index in [0.29, 0.717) is 17.1 Å². The van der Waals surface area contributed by atoms with Crippen LogP contribution in [-0.4, -0.2) is 37.0 Å². The van der Waals surface area contributed by atoms with Gasteiger partial charge in [0.2, 0.25) is 5.91 Å². The first-order valence-electron chi connectivity index (χ1n) is 8.62. The molecule has 1 N–H and O–H groups in total. The molecule has 0 fully saturated rings. The number of hydrogen-bond donors (Lipinski definition) is 1. The van der Waals surface area contributed by atoms with Crippen LogP contribution >= 0.6 is 0 Å². The van der Waals surface area contributed by atoms with E-state index in [9.17, 15) is 14.4 Å². The maximum Gasteiger partial charge on any atom is 0.310 e. The lowest BCUT2D eigenvalue weighted by atomic mass is 10.1. The Morgan fingerprint density at radius 1 is 1.11 bits per heavy atom. The molecule has 2 amide bonds. The minimum Gasteiger partial charge on any atom is -0.493 e. The average molecular weight is 368 g/mol. The second-order valence-corrected chi connectivity index (χ2v) is 6.03. The molecule has 0 bridgehead atoms. The molecule has 3 rings (SSSR count). The molecule has 0 saturated heterocycles. The Bertz CT molecular complexity index is 837. The zero-order valence-corrected chi connectivity index (χ0v) is 14.9. The van der Waals surface area contributed by atoms with E-state index in [1.54, 1.807) is 36.4 Å². The van der Waals surface area contributed by atoms with E-state index < -0.39 is 18.0 Å². The number of nitrogens with one attached hydrogen (secondary N) is 1. The van der Waals surface area contributed by atoms with Gasteiger partial charge in [-0.15, -0.1) is 0 Å². The van der Waals surface area contributed by atoms with Crippen molar-refractivity contribution in [2.45, 2.75) is 19.4 Å². The summed E-state index contributed by atoms with van der Waals surface area (Å²) in [6, 6.07) is 16.1. The Kier molecular flexibility index (Phi) is 5.71. The zero-order chi connectivity index (χ0) is 19.2. The third kappa shape index (κ3) is 4.63. The van der Waals surface area contributed by atoms with Gasteiger partial charge in [-0.1, -0.05) is 30.3 Å². The summed E-state index contributed by atoms with van der Waals surface area (Å²) in [5.41, 5.74) is 1.13. The number of anilines is 2. The number of ether oxygens (including phenoxy) is 2. The van der Waals surface area contributed by atoms with Crippen molar-refractivity contribution >= 4 is 29.2 Å². The van der Waals surface area contributed by atoms with Crippen LogP contribution in [0.2, 0.25) is 0 Å². The van der Waals surface area contributed by atoms with Gasteiger partial charge in [0.1, 0.15) is 12.3 Å². The largest absolute Gasteiger partial charge is 0.493 e. The SMILES string of the molecule is CC(OC(=O)CCOc1ccccc1)C(=O)N1CC(=O)Nc2ccccc21. The molecule has 7 nitrogen and oxygen atoms in total. The van der Waals surface area contributed by atoms with E-state index in [2.05, 4.69) is 5.32 Å². The van der Waals surface area contributed by atoms with Crippen molar-refractivity contribution in [3.8, 4) is 5.75 Å². The van der Waals surface area contributed by atoms with Crippen molar-refractivity contribution in [2.24, 2.45) is 0 Å². The van der Waals surface area contributed by atoms with Gasteiger partial charge < -0.3 is 14.8 Å². The van der Waals surface area contributed by atoms with Crippen LogP contribution in [0, 0.1) is 0 Å². The number of carbonyl (C=O) groups is 3. The molecule has 2 aromatic rings. The van der Waals surface area contributed by atoms with Crippen molar-refractivity contribution in [3.63, 3.8) is 0 Å². The molecular weight excluding hydrogens is 348 g/mol. The van der Waals surface area contributed by atoms with Crippen LogP contribution in [0.25, 0.3) is 0 Å². The lowest BCUT2D eigenvalue weighted by molar-refractivity contribution is -0.154. The topological polar surface area (TPSA) is 84.9 Å². The van der Waals surface area contributed by atoms with Crippen molar-refractivity contribution in [2.75, 3.05) is 23.4 Å². The number of amides is 2. The van der Waals surface area contributed by atoms with Crippen LogP contribution in [0.4, 0.5) is 11.4 Å². The van der Waals surface area contributed by atoms with Crippen LogP contribution in [0.15, 0.2) is 54.6 Å². The van der Waals surface area contributed by atoms with Gasteiger partial charge in [-0.2, -0.15) is 0 Å². The number of benzene rings is 2. The summed E-state index contributed by atoms with van der Waals surface area (Å²) in [7, 11) is 0. The number of esters is 1. The normalized spacial score (nSPS) is 14.0. The molecule has 1 heterocycles.